The van der Waals surface area contributed by atoms with E-state index in [-0.39, 0.29) is 22.4 Å². The van der Waals surface area contributed by atoms with Crippen LogP contribution < -0.4 is 5.32 Å². The van der Waals surface area contributed by atoms with Crippen LogP contribution in [0.15, 0.2) is 18.2 Å². The van der Waals surface area contributed by atoms with Gasteiger partial charge in [0, 0.05) is 6.04 Å². The third-order valence-electron chi connectivity index (χ3n) is 2.81. The molecule has 0 fully saturated rings. The molecule has 0 saturated heterocycles. The first-order valence-corrected chi connectivity index (χ1v) is 6.94. The minimum atomic E-state index is -1.00. The highest BCUT2D eigenvalue weighted by Crippen LogP contribution is 2.24. The van der Waals surface area contributed by atoms with E-state index in [1.807, 2.05) is 20.8 Å². The number of carboxylic acid groups (broad SMARTS) is 1. The number of benzene rings is 1. The lowest BCUT2D eigenvalue weighted by atomic mass is 9.87. The largest absolute Gasteiger partial charge is 0.481 e. The van der Waals surface area contributed by atoms with Crippen LogP contribution in [0.25, 0.3) is 0 Å². The number of halogens is 2. The summed E-state index contributed by atoms with van der Waals surface area (Å²) in [5.41, 5.74) is -0.153. The molecule has 0 aromatic heterocycles. The molecule has 0 saturated carbocycles. The Morgan fingerprint density at radius 3 is 2.52 bits per heavy atom. The lowest BCUT2D eigenvalue weighted by Gasteiger charge is -2.26. The maximum absolute atomic E-state index is 13.4. The quantitative estimate of drug-likeness (QED) is 0.874. The molecular formula is C15H19ClFNO3. The van der Waals surface area contributed by atoms with E-state index in [1.54, 1.807) is 0 Å². The second kappa shape index (κ2) is 6.89. The van der Waals surface area contributed by atoms with Crippen molar-refractivity contribution in [2.45, 2.75) is 39.7 Å². The zero-order valence-electron chi connectivity index (χ0n) is 12.2. The molecule has 6 heteroatoms. The van der Waals surface area contributed by atoms with Crippen LogP contribution in [0.5, 0.6) is 0 Å². The zero-order chi connectivity index (χ0) is 16.2. The van der Waals surface area contributed by atoms with E-state index in [9.17, 15) is 14.0 Å². The molecule has 1 unspecified atom stereocenters. The molecule has 0 aliphatic carbocycles. The van der Waals surface area contributed by atoms with E-state index in [4.69, 9.17) is 16.7 Å². The highest BCUT2D eigenvalue weighted by molar-refractivity contribution is 6.34. The third-order valence-corrected chi connectivity index (χ3v) is 3.20. The Balaban J connectivity index is 2.89. The van der Waals surface area contributed by atoms with Gasteiger partial charge >= 0.3 is 5.97 Å². The molecule has 1 aromatic rings. The summed E-state index contributed by atoms with van der Waals surface area (Å²) >= 11 is 5.76. The Morgan fingerprint density at radius 2 is 2.00 bits per heavy atom. The Kier molecular flexibility index (Phi) is 5.72. The fraction of sp³-hybridized carbons (Fsp3) is 0.467. The summed E-state index contributed by atoms with van der Waals surface area (Å²) in [4.78, 5) is 23.0. The molecule has 0 bridgehead atoms. The molecule has 2 N–H and O–H groups in total. The number of amides is 1. The number of nitrogens with one attached hydrogen (secondary N) is 1. The first-order chi connectivity index (χ1) is 9.60. The molecule has 116 valence electrons. The van der Waals surface area contributed by atoms with Gasteiger partial charge in [0.05, 0.1) is 17.0 Å². The van der Waals surface area contributed by atoms with E-state index in [0.717, 1.165) is 6.07 Å². The van der Waals surface area contributed by atoms with Crippen molar-refractivity contribution in [2.24, 2.45) is 5.41 Å². The second-order valence-electron chi connectivity index (χ2n) is 6.13. The van der Waals surface area contributed by atoms with Gasteiger partial charge < -0.3 is 10.4 Å². The van der Waals surface area contributed by atoms with Gasteiger partial charge in [0.1, 0.15) is 5.82 Å². The van der Waals surface area contributed by atoms with Crippen LogP contribution in [0.4, 0.5) is 4.39 Å². The maximum atomic E-state index is 13.4. The van der Waals surface area contributed by atoms with Crippen LogP contribution in [0.3, 0.4) is 0 Å². The van der Waals surface area contributed by atoms with Gasteiger partial charge in [-0.2, -0.15) is 0 Å². The van der Waals surface area contributed by atoms with Crippen molar-refractivity contribution in [3.05, 3.63) is 34.6 Å². The molecular weight excluding hydrogens is 297 g/mol. The van der Waals surface area contributed by atoms with E-state index in [0.29, 0.717) is 6.42 Å². The van der Waals surface area contributed by atoms with Gasteiger partial charge in [0.15, 0.2) is 0 Å². The van der Waals surface area contributed by atoms with Crippen molar-refractivity contribution in [3.8, 4) is 0 Å². The molecule has 1 aromatic carbocycles. The number of carboxylic acids is 1. The minimum Gasteiger partial charge on any atom is -0.481 e. The summed E-state index contributed by atoms with van der Waals surface area (Å²) in [5.74, 6) is -2.26. The predicted molar refractivity (Wildman–Crippen MR) is 79.0 cm³/mol. The smallest absolute Gasteiger partial charge is 0.305 e. The molecule has 0 aliphatic heterocycles. The molecule has 1 amide bonds. The van der Waals surface area contributed by atoms with E-state index < -0.39 is 23.7 Å². The monoisotopic (exact) mass is 315 g/mol. The number of aliphatic carboxylic acids is 1. The number of hydrogen-bond acceptors (Lipinski definition) is 2. The van der Waals surface area contributed by atoms with Gasteiger partial charge in [-0.15, -0.1) is 0 Å². The SMILES string of the molecule is CC(C)(C)CC(CC(=O)O)NC(=O)c1cccc(F)c1Cl. The summed E-state index contributed by atoms with van der Waals surface area (Å²) < 4.78 is 13.4. The number of rotatable bonds is 5. The highest BCUT2D eigenvalue weighted by Gasteiger charge is 2.24. The first-order valence-electron chi connectivity index (χ1n) is 6.57. The van der Waals surface area contributed by atoms with Gasteiger partial charge in [0.25, 0.3) is 5.91 Å². The van der Waals surface area contributed by atoms with Crippen LogP contribution in [0.1, 0.15) is 44.0 Å². The Labute approximate surface area is 128 Å². The Hall–Kier alpha value is -1.62. The van der Waals surface area contributed by atoms with Gasteiger partial charge in [-0.3, -0.25) is 9.59 Å². The highest BCUT2D eigenvalue weighted by atomic mass is 35.5. The molecule has 4 nitrogen and oxygen atoms in total. The number of carbonyl (C=O) groups excluding carboxylic acids is 1. The normalized spacial score (nSPS) is 12.8. The zero-order valence-corrected chi connectivity index (χ0v) is 13.0. The lowest BCUT2D eigenvalue weighted by molar-refractivity contribution is -0.137. The summed E-state index contributed by atoms with van der Waals surface area (Å²) in [6, 6.07) is 3.39. The average molecular weight is 316 g/mol. The minimum absolute atomic E-state index is 0.000893. The summed E-state index contributed by atoms with van der Waals surface area (Å²) in [6.07, 6.45) is 0.286. The van der Waals surface area contributed by atoms with Crippen LogP contribution in [0, 0.1) is 11.2 Å². The van der Waals surface area contributed by atoms with E-state index >= 15 is 0 Å². The summed E-state index contributed by atoms with van der Waals surface area (Å²) in [5, 5.41) is 11.3. The van der Waals surface area contributed by atoms with Crippen LogP contribution in [-0.2, 0) is 4.79 Å². The van der Waals surface area contributed by atoms with Crippen molar-refractivity contribution in [1.29, 1.82) is 0 Å². The van der Waals surface area contributed by atoms with Crippen molar-refractivity contribution >= 4 is 23.5 Å². The van der Waals surface area contributed by atoms with Crippen molar-refractivity contribution in [1.82, 2.24) is 5.32 Å². The molecule has 0 spiro atoms. The van der Waals surface area contributed by atoms with Gasteiger partial charge in [0.2, 0.25) is 0 Å². The van der Waals surface area contributed by atoms with Crippen LogP contribution in [-0.4, -0.2) is 23.0 Å². The average Bonchev–Trinajstić information content (AvgIpc) is 2.29. The number of hydrogen-bond donors (Lipinski definition) is 2. The first kappa shape index (κ1) is 17.4. The summed E-state index contributed by atoms with van der Waals surface area (Å²) in [7, 11) is 0. The molecule has 0 heterocycles. The van der Waals surface area contributed by atoms with Crippen LogP contribution in [0.2, 0.25) is 5.02 Å². The topological polar surface area (TPSA) is 66.4 Å². The van der Waals surface area contributed by atoms with Crippen molar-refractivity contribution < 1.29 is 19.1 Å². The van der Waals surface area contributed by atoms with E-state index in [1.165, 1.54) is 12.1 Å². The molecule has 21 heavy (non-hydrogen) atoms. The number of carbonyl (C=O) groups is 2. The Morgan fingerprint density at radius 1 is 1.38 bits per heavy atom. The van der Waals surface area contributed by atoms with Crippen molar-refractivity contribution in [3.63, 3.8) is 0 Å². The van der Waals surface area contributed by atoms with Gasteiger partial charge in [-0.25, -0.2) is 4.39 Å². The molecule has 1 rings (SSSR count). The van der Waals surface area contributed by atoms with Gasteiger partial charge in [-0.1, -0.05) is 38.4 Å². The standard InChI is InChI=1S/C15H19ClFNO3/c1-15(2,3)8-9(7-12(19)20)18-14(21)10-5-4-6-11(17)13(10)16/h4-6,9H,7-8H2,1-3H3,(H,18,21)(H,19,20). The fourth-order valence-corrected chi connectivity index (χ4v) is 2.28. The van der Waals surface area contributed by atoms with Crippen LogP contribution >= 0.6 is 11.6 Å². The fourth-order valence-electron chi connectivity index (χ4n) is 2.07. The van der Waals surface area contributed by atoms with Gasteiger partial charge in [-0.05, 0) is 24.0 Å². The van der Waals surface area contributed by atoms with E-state index in [2.05, 4.69) is 5.32 Å². The third kappa shape index (κ3) is 5.71. The second-order valence-corrected chi connectivity index (χ2v) is 6.51. The molecule has 0 radical (unpaired) electrons. The maximum Gasteiger partial charge on any atom is 0.305 e. The lowest BCUT2D eigenvalue weighted by Crippen LogP contribution is -2.39. The Bertz CT molecular complexity index is 540. The molecule has 0 aliphatic rings. The van der Waals surface area contributed by atoms with Crippen molar-refractivity contribution in [2.75, 3.05) is 0 Å². The summed E-state index contributed by atoms with van der Waals surface area (Å²) in [6.45, 7) is 5.84. The molecule has 1 atom stereocenters. The predicted octanol–water partition coefficient (Wildman–Crippen LogP) is 3.49.